The standard InChI is InChI=1S/C19H15NO4/c21-18(20-16-8-6-14(7-9-16)19(22)23)10-5-13-11-15-3-1-2-4-17(15)24-12-13/h1-11H,12H2,(H,20,21)(H,22,23)/b10-5+. The molecule has 0 saturated carbocycles. The lowest BCUT2D eigenvalue weighted by Gasteiger charge is -2.15. The third-order valence-electron chi connectivity index (χ3n) is 3.50. The summed E-state index contributed by atoms with van der Waals surface area (Å²) in [6.07, 6.45) is 5.11. The third kappa shape index (κ3) is 3.70. The van der Waals surface area contributed by atoms with E-state index in [1.807, 2.05) is 30.3 Å². The van der Waals surface area contributed by atoms with Crippen LogP contribution >= 0.6 is 0 Å². The molecule has 5 heteroatoms. The van der Waals surface area contributed by atoms with Crippen LogP contribution in [0.2, 0.25) is 0 Å². The van der Waals surface area contributed by atoms with E-state index < -0.39 is 5.97 Å². The highest BCUT2D eigenvalue weighted by Gasteiger charge is 2.09. The number of carbonyl (C=O) groups is 2. The highest BCUT2D eigenvalue weighted by molar-refractivity contribution is 6.00. The molecule has 1 aliphatic rings. The third-order valence-corrected chi connectivity index (χ3v) is 3.50. The molecule has 0 aliphatic carbocycles. The zero-order valence-corrected chi connectivity index (χ0v) is 12.7. The molecule has 2 aromatic carbocycles. The predicted octanol–water partition coefficient (Wildman–Crippen LogP) is 3.36. The fraction of sp³-hybridized carbons (Fsp3) is 0.0526. The zero-order chi connectivity index (χ0) is 16.9. The van der Waals surface area contributed by atoms with Gasteiger partial charge in [-0.25, -0.2) is 4.79 Å². The lowest BCUT2D eigenvalue weighted by molar-refractivity contribution is -0.111. The van der Waals surface area contributed by atoms with Gasteiger partial charge in [0.1, 0.15) is 12.4 Å². The smallest absolute Gasteiger partial charge is 0.335 e. The summed E-state index contributed by atoms with van der Waals surface area (Å²) < 4.78 is 5.62. The van der Waals surface area contributed by atoms with Gasteiger partial charge in [-0.1, -0.05) is 24.3 Å². The molecule has 1 heterocycles. The van der Waals surface area contributed by atoms with E-state index in [9.17, 15) is 9.59 Å². The van der Waals surface area contributed by atoms with E-state index in [-0.39, 0.29) is 11.5 Å². The first-order valence-electron chi connectivity index (χ1n) is 7.36. The number of carbonyl (C=O) groups excluding carboxylic acids is 1. The number of carboxylic acid groups (broad SMARTS) is 1. The van der Waals surface area contributed by atoms with Crippen molar-refractivity contribution >= 4 is 23.6 Å². The van der Waals surface area contributed by atoms with Crippen LogP contribution in [0.4, 0.5) is 5.69 Å². The van der Waals surface area contributed by atoms with Crippen molar-refractivity contribution in [2.75, 3.05) is 11.9 Å². The zero-order valence-electron chi connectivity index (χ0n) is 12.7. The molecule has 0 unspecified atom stereocenters. The van der Waals surface area contributed by atoms with Gasteiger partial charge in [0.25, 0.3) is 0 Å². The number of benzene rings is 2. The molecular formula is C19H15NO4. The maximum absolute atomic E-state index is 11.9. The number of aromatic carboxylic acids is 1. The van der Waals surface area contributed by atoms with E-state index in [1.165, 1.54) is 18.2 Å². The van der Waals surface area contributed by atoms with Gasteiger partial charge >= 0.3 is 5.97 Å². The maximum Gasteiger partial charge on any atom is 0.335 e. The average Bonchev–Trinajstić information content (AvgIpc) is 2.60. The molecule has 3 rings (SSSR count). The second kappa shape index (κ2) is 6.83. The normalized spacial score (nSPS) is 12.9. The second-order valence-corrected chi connectivity index (χ2v) is 5.25. The molecule has 0 aromatic heterocycles. The summed E-state index contributed by atoms with van der Waals surface area (Å²) in [4.78, 5) is 22.7. The lowest BCUT2D eigenvalue weighted by atomic mass is 10.1. The van der Waals surface area contributed by atoms with Crippen LogP contribution in [0.15, 0.2) is 66.3 Å². The van der Waals surface area contributed by atoms with Gasteiger partial charge in [0.05, 0.1) is 5.56 Å². The van der Waals surface area contributed by atoms with Crippen molar-refractivity contribution in [3.63, 3.8) is 0 Å². The van der Waals surface area contributed by atoms with Crippen molar-refractivity contribution in [2.24, 2.45) is 0 Å². The van der Waals surface area contributed by atoms with Gasteiger partial charge in [-0.2, -0.15) is 0 Å². The minimum absolute atomic E-state index is 0.173. The van der Waals surface area contributed by atoms with Gasteiger partial charge in [-0.15, -0.1) is 0 Å². The van der Waals surface area contributed by atoms with Gasteiger partial charge < -0.3 is 15.2 Å². The number of carboxylic acids is 1. The fourth-order valence-corrected chi connectivity index (χ4v) is 2.29. The van der Waals surface area contributed by atoms with Crippen LogP contribution in [0.3, 0.4) is 0 Å². The summed E-state index contributed by atoms with van der Waals surface area (Å²) in [6.45, 7) is 0.411. The molecular weight excluding hydrogens is 306 g/mol. The van der Waals surface area contributed by atoms with Gasteiger partial charge in [-0.05, 0) is 42.0 Å². The van der Waals surface area contributed by atoms with E-state index in [0.717, 1.165) is 16.9 Å². The molecule has 0 radical (unpaired) electrons. The Kier molecular flexibility index (Phi) is 4.43. The summed E-state index contributed by atoms with van der Waals surface area (Å²) >= 11 is 0. The van der Waals surface area contributed by atoms with Gasteiger partial charge in [0.2, 0.25) is 5.91 Å². The molecule has 2 aromatic rings. The molecule has 1 amide bonds. The first-order chi connectivity index (χ1) is 11.6. The van der Waals surface area contributed by atoms with Crippen LogP contribution in [0.1, 0.15) is 15.9 Å². The molecule has 2 N–H and O–H groups in total. The number of fused-ring (bicyclic) bond motifs is 1. The van der Waals surface area contributed by atoms with Gasteiger partial charge in [0, 0.05) is 17.3 Å². The van der Waals surface area contributed by atoms with Crippen LogP contribution in [-0.2, 0) is 4.79 Å². The van der Waals surface area contributed by atoms with Crippen LogP contribution in [0, 0.1) is 0 Å². The van der Waals surface area contributed by atoms with Crippen molar-refractivity contribution in [3.8, 4) is 5.75 Å². The summed E-state index contributed by atoms with van der Waals surface area (Å²) in [7, 11) is 0. The molecule has 1 aliphatic heterocycles. The van der Waals surface area contributed by atoms with E-state index in [0.29, 0.717) is 12.3 Å². The summed E-state index contributed by atoms with van der Waals surface area (Å²) in [6, 6.07) is 13.7. The van der Waals surface area contributed by atoms with E-state index >= 15 is 0 Å². The van der Waals surface area contributed by atoms with Crippen molar-refractivity contribution in [3.05, 3.63) is 77.4 Å². The van der Waals surface area contributed by atoms with Crippen LogP contribution in [-0.4, -0.2) is 23.6 Å². The summed E-state index contributed by atoms with van der Waals surface area (Å²) in [5.74, 6) is -0.465. The van der Waals surface area contributed by atoms with Crippen molar-refractivity contribution in [2.45, 2.75) is 0 Å². The topological polar surface area (TPSA) is 75.6 Å². The number of nitrogens with one attached hydrogen (secondary N) is 1. The average molecular weight is 321 g/mol. The molecule has 120 valence electrons. The number of ether oxygens (including phenoxy) is 1. The highest BCUT2D eigenvalue weighted by Crippen LogP contribution is 2.25. The molecule has 0 atom stereocenters. The van der Waals surface area contributed by atoms with Crippen molar-refractivity contribution < 1.29 is 19.4 Å². The Hall–Kier alpha value is -3.34. The Bertz CT molecular complexity index is 835. The largest absolute Gasteiger partial charge is 0.488 e. The monoisotopic (exact) mass is 321 g/mol. The van der Waals surface area contributed by atoms with Crippen molar-refractivity contribution in [1.29, 1.82) is 0 Å². The highest BCUT2D eigenvalue weighted by atomic mass is 16.5. The molecule has 0 bridgehead atoms. The predicted molar refractivity (Wildman–Crippen MR) is 91.1 cm³/mol. The van der Waals surface area contributed by atoms with Gasteiger partial charge in [-0.3, -0.25) is 4.79 Å². The van der Waals surface area contributed by atoms with Crippen molar-refractivity contribution in [1.82, 2.24) is 0 Å². The molecule has 0 saturated heterocycles. The number of hydrogen-bond acceptors (Lipinski definition) is 3. The molecule has 24 heavy (non-hydrogen) atoms. The fourth-order valence-electron chi connectivity index (χ4n) is 2.29. The first kappa shape index (κ1) is 15.6. The maximum atomic E-state index is 11.9. The van der Waals surface area contributed by atoms with Crippen LogP contribution in [0.25, 0.3) is 6.08 Å². The van der Waals surface area contributed by atoms with E-state index in [4.69, 9.17) is 9.84 Å². The van der Waals surface area contributed by atoms with E-state index in [2.05, 4.69) is 5.32 Å². The Morgan fingerprint density at radius 3 is 2.58 bits per heavy atom. The Morgan fingerprint density at radius 1 is 1.08 bits per heavy atom. The second-order valence-electron chi connectivity index (χ2n) is 5.25. The molecule has 0 spiro atoms. The molecule has 5 nitrogen and oxygen atoms in total. The minimum atomic E-state index is -1.00. The Labute approximate surface area is 138 Å². The van der Waals surface area contributed by atoms with E-state index in [1.54, 1.807) is 18.2 Å². The summed E-state index contributed by atoms with van der Waals surface area (Å²) in [5.41, 5.74) is 2.58. The lowest BCUT2D eigenvalue weighted by Crippen LogP contribution is -2.10. The minimum Gasteiger partial charge on any atom is -0.488 e. The number of anilines is 1. The summed E-state index contributed by atoms with van der Waals surface area (Å²) in [5, 5.41) is 11.5. The molecule has 0 fully saturated rings. The van der Waals surface area contributed by atoms with Crippen LogP contribution < -0.4 is 10.1 Å². The SMILES string of the molecule is O=C(/C=C/C1=Cc2ccccc2OC1)Nc1ccc(C(=O)O)cc1. The van der Waals surface area contributed by atoms with Crippen LogP contribution in [0.5, 0.6) is 5.75 Å². The quantitative estimate of drug-likeness (QED) is 0.847. The first-order valence-corrected chi connectivity index (χ1v) is 7.36. The Balaban J connectivity index is 1.64. The number of hydrogen-bond donors (Lipinski definition) is 2. The number of rotatable bonds is 4. The number of amides is 1. The number of para-hydroxylation sites is 1. The van der Waals surface area contributed by atoms with Gasteiger partial charge in [0.15, 0.2) is 0 Å². The Morgan fingerprint density at radius 2 is 1.83 bits per heavy atom.